The number of hydrogen-bond acceptors (Lipinski definition) is 5. The van der Waals surface area contributed by atoms with E-state index >= 15 is 0 Å². The highest BCUT2D eigenvalue weighted by molar-refractivity contribution is 5.75. The van der Waals surface area contributed by atoms with Crippen LogP contribution >= 0.6 is 0 Å². The molecule has 0 aliphatic heterocycles. The number of ether oxygens (including phenoxy) is 1. The van der Waals surface area contributed by atoms with E-state index in [9.17, 15) is 4.79 Å². The molecule has 0 aliphatic carbocycles. The first-order valence-electron chi connectivity index (χ1n) is 9.05. The number of rotatable bonds is 10. The van der Waals surface area contributed by atoms with Gasteiger partial charge in [-0.1, -0.05) is 46.8 Å². The number of nitrogens with two attached hydrogens (primary N) is 1. The smallest absolute Gasteiger partial charge is 0.220 e. The van der Waals surface area contributed by atoms with E-state index in [2.05, 4.69) is 43.3 Å². The van der Waals surface area contributed by atoms with Gasteiger partial charge in [-0.25, -0.2) is 0 Å². The fraction of sp³-hybridized carbons (Fsp3) is 0.833. The maximum absolute atomic E-state index is 11.3. The maximum Gasteiger partial charge on any atom is 0.220 e. The largest absolute Gasteiger partial charge is 0.380 e. The number of aryl methyl sites for hydroxylation is 1. The van der Waals surface area contributed by atoms with E-state index in [4.69, 9.17) is 10.5 Å². The van der Waals surface area contributed by atoms with E-state index in [0.717, 1.165) is 5.69 Å². The normalized spacial score (nSPS) is 11.7. The zero-order valence-electron chi connectivity index (χ0n) is 17.1. The SMILES string of the molecule is CC.CNC(=O)CCc1cn(CC(C)(C)COCC(C)(C)CN)nn1. The zero-order valence-corrected chi connectivity index (χ0v) is 17.1. The van der Waals surface area contributed by atoms with Gasteiger partial charge < -0.3 is 15.8 Å². The molecule has 3 N–H and O–H groups in total. The van der Waals surface area contributed by atoms with E-state index in [0.29, 0.717) is 39.1 Å². The molecule has 0 bridgehead atoms. The second-order valence-corrected chi connectivity index (χ2v) is 7.61. The molecule has 1 aromatic rings. The second-order valence-electron chi connectivity index (χ2n) is 7.61. The molecular formula is C18H37N5O2. The van der Waals surface area contributed by atoms with E-state index < -0.39 is 0 Å². The van der Waals surface area contributed by atoms with Gasteiger partial charge in [-0.2, -0.15) is 0 Å². The topological polar surface area (TPSA) is 95.1 Å². The molecule has 0 aliphatic rings. The van der Waals surface area contributed by atoms with Crippen molar-refractivity contribution in [3.05, 3.63) is 11.9 Å². The summed E-state index contributed by atoms with van der Waals surface area (Å²) in [5.41, 5.74) is 6.48. The number of carbonyl (C=O) groups is 1. The van der Waals surface area contributed by atoms with Gasteiger partial charge in [0.25, 0.3) is 0 Å². The first kappa shape index (κ1) is 23.5. The van der Waals surface area contributed by atoms with Gasteiger partial charge >= 0.3 is 0 Å². The Hall–Kier alpha value is -1.47. The number of aromatic nitrogens is 3. The van der Waals surface area contributed by atoms with E-state index in [1.54, 1.807) is 7.05 Å². The maximum atomic E-state index is 11.3. The molecule has 0 saturated carbocycles. The predicted octanol–water partition coefficient (Wildman–Crippen LogP) is 2.01. The van der Waals surface area contributed by atoms with Gasteiger partial charge in [-0.05, 0) is 6.54 Å². The minimum absolute atomic E-state index is 0.00362. The monoisotopic (exact) mass is 355 g/mol. The molecule has 0 saturated heterocycles. The summed E-state index contributed by atoms with van der Waals surface area (Å²) in [6, 6.07) is 0. The lowest BCUT2D eigenvalue weighted by Crippen LogP contribution is -2.32. The summed E-state index contributed by atoms with van der Waals surface area (Å²) in [6.45, 7) is 15.0. The van der Waals surface area contributed by atoms with Gasteiger partial charge in [0.05, 0.1) is 18.9 Å². The van der Waals surface area contributed by atoms with Crippen molar-refractivity contribution in [2.75, 3.05) is 26.8 Å². The van der Waals surface area contributed by atoms with Crippen molar-refractivity contribution >= 4 is 5.91 Å². The number of amides is 1. The van der Waals surface area contributed by atoms with Crippen molar-refractivity contribution in [2.24, 2.45) is 16.6 Å². The molecule has 0 radical (unpaired) electrons. The van der Waals surface area contributed by atoms with Crippen molar-refractivity contribution in [1.29, 1.82) is 0 Å². The quantitative estimate of drug-likeness (QED) is 0.669. The summed E-state index contributed by atoms with van der Waals surface area (Å²) < 4.78 is 7.65. The summed E-state index contributed by atoms with van der Waals surface area (Å²) in [6.07, 6.45) is 2.92. The first-order chi connectivity index (χ1) is 11.7. The molecule has 146 valence electrons. The summed E-state index contributed by atoms with van der Waals surface area (Å²) in [5, 5.41) is 10.9. The minimum atomic E-state index is -0.0591. The fourth-order valence-corrected chi connectivity index (χ4v) is 2.04. The van der Waals surface area contributed by atoms with E-state index in [-0.39, 0.29) is 16.7 Å². The van der Waals surface area contributed by atoms with E-state index in [1.165, 1.54) is 0 Å². The number of hydrogen-bond donors (Lipinski definition) is 2. The molecule has 1 amide bonds. The molecule has 7 nitrogen and oxygen atoms in total. The highest BCUT2D eigenvalue weighted by Crippen LogP contribution is 2.21. The van der Waals surface area contributed by atoms with Crippen LogP contribution < -0.4 is 11.1 Å². The minimum Gasteiger partial charge on any atom is -0.380 e. The van der Waals surface area contributed by atoms with Crippen LogP contribution in [0.25, 0.3) is 0 Å². The van der Waals surface area contributed by atoms with Crippen LogP contribution in [0.4, 0.5) is 0 Å². The summed E-state index contributed by atoms with van der Waals surface area (Å²) in [5.74, 6) is 0.01000. The fourth-order valence-electron chi connectivity index (χ4n) is 2.04. The zero-order chi connectivity index (χ0) is 19.5. The van der Waals surface area contributed by atoms with Gasteiger partial charge in [0.15, 0.2) is 0 Å². The molecule has 0 fully saturated rings. The Bertz CT molecular complexity index is 497. The number of nitrogens with one attached hydrogen (secondary N) is 1. The van der Waals surface area contributed by atoms with Crippen LogP contribution in [0.5, 0.6) is 0 Å². The van der Waals surface area contributed by atoms with E-state index in [1.807, 2.05) is 24.7 Å². The van der Waals surface area contributed by atoms with Crippen LogP contribution in [0.15, 0.2) is 6.20 Å². The highest BCUT2D eigenvalue weighted by atomic mass is 16.5. The lowest BCUT2D eigenvalue weighted by molar-refractivity contribution is -0.120. The van der Waals surface area contributed by atoms with Crippen LogP contribution in [0.1, 0.15) is 53.7 Å². The highest BCUT2D eigenvalue weighted by Gasteiger charge is 2.23. The Morgan fingerprint density at radius 2 is 1.84 bits per heavy atom. The van der Waals surface area contributed by atoms with Crippen molar-refractivity contribution in [3.8, 4) is 0 Å². The van der Waals surface area contributed by atoms with Crippen LogP contribution in [-0.2, 0) is 22.5 Å². The molecule has 1 heterocycles. The summed E-state index contributed by atoms with van der Waals surface area (Å²) >= 11 is 0. The molecule has 1 aromatic heterocycles. The third kappa shape index (κ3) is 10.2. The van der Waals surface area contributed by atoms with Gasteiger partial charge in [0, 0.05) is 43.5 Å². The first-order valence-corrected chi connectivity index (χ1v) is 9.05. The lowest BCUT2D eigenvalue weighted by atomic mass is 9.93. The van der Waals surface area contributed by atoms with Crippen LogP contribution in [-0.4, -0.2) is 47.7 Å². The predicted molar refractivity (Wildman–Crippen MR) is 101 cm³/mol. The average molecular weight is 356 g/mol. The average Bonchev–Trinajstić information content (AvgIpc) is 3.00. The number of carbonyl (C=O) groups excluding carboxylic acids is 1. The molecule has 25 heavy (non-hydrogen) atoms. The molecule has 1 rings (SSSR count). The summed E-state index contributed by atoms with van der Waals surface area (Å²) in [4.78, 5) is 11.3. The van der Waals surface area contributed by atoms with Crippen LogP contribution in [0.3, 0.4) is 0 Å². The molecule has 0 atom stereocenters. The second kappa shape index (κ2) is 11.2. The Balaban J connectivity index is 0.00000277. The lowest BCUT2D eigenvalue weighted by Gasteiger charge is -2.28. The molecule has 0 spiro atoms. The molecule has 7 heteroatoms. The molecule has 0 unspecified atom stereocenters. The molecule has 0 aromatic carbocycles. The van der Waals surface area contributed by atoms with Gasteiger partial charge in [0.2, 0.25) is 5.91 Å². The van der Waals surface area contributed by atoms with Crippen molar-refractivity contribution in [2.45, 2.75) is 60.9 Å². The third-order valence-electron chi connectivity index (χ3n) is 3.60. The van der Waals surface area contributed by atoms with Crippen molar-refractivity contribution < 1.29 is 9.53 Å². The Morgan fingerprint density at radius 3 is 2.40 bits per heavy atom. The van der Waals surface area contributed by atoms with Crippen LogP contribution in [0, 0.1) is 10.8 Å². The van der Waals surface area contributed by atoms with Crippen molar-refractivity contribution in [1.82, 2.24) is 20.3 Å². The number of nitrogens with zero attached hydrogens (tertiary/aromatic N) is 3. The summed E-state index contributed by atoms with van der Waals surface area (Å²) in [7, 11) is 1.63. The van der Waals surface area contributed by atoms with Crippen LogP contribution in [0.2, 0.25) is 0 Å². The Morgan fingerprint density at radius 1 is 1.24 bits per heavy atom. The Labute approximate surface area is 152 Å². The standard InChI is InChI=1S/C16H31N5O2.C2H6/c1-15(2,9-17)11-23-12-16(3,4)10-21-8-13(19-20-21)6-7-14(22)18-5;1-2/h8H,6-7,9-12,17H2,1-5H3,(H,18,22);1-2H3. The van der Waals surface area contributed by atoms with Gasteiger partial charge in [0.1, 0.15) is 0 Å². The molecular weight excluding hydrogens is 318 g/mol. The van der Waals surface area contributed by atoms with Gasteiger partial charge in [-0.3, -0.25) is 9.48 Å². The van der Waals surface area contributed by atoms with Gasteiger partial charge in [-0.15, -0.1) is 5.10 Å². The Kier molecular flexibility index (Phi) is 10.5. The third-order valence-corrected chi connectivity index (χ3v) is 3.60. The van der Waals surface area contributed by atoms with Crippen molar-refractivity contribution in [3.63, 3.8) is 0 Å².